The zero-order valence-corrected chi connectivity index (χ0v) is 9.95. The van der Waals surface area contributed by atoms with Crippen LogP contribution in [0.15, 0.2) is 12.5 Å². The van der Waals surface area contributed by atoms with Gasteiger partial charge in [0.1, 0.15) is 6.04 Å². The molecule has 0 aliphatic rings. The van der Waals surface area contributed by atoms with Crippen molar-refractivity contribution in [3.05, 3.63) is 18.2 Å². The zero-order valence-electron chi connectivity index (χ0n) is 9.20. The van der Waals surface area contributed by atoms with Gasteiger partial charge in [0.05, 0.1) is 17.9 Å². The third-order valence-electron chi connectivity index (χ3n) is 2.11. The summed E-state index contributed by atoms with van der Waals surface area (Å²) < 4.78 is 1.78. The van der Waals surface area contributed by atoms with Crippen molar-refractivity contribution < 1.29 is 4.79 Å². The molecule has 15 heavy (non-hydrogen) atoms. The number of halogens is 1. The fourth-order valence-corrected chi connectivity index (χ4v) is 1.52. The summed E-state index contributed by atoms with van der Waals surface area (Å²) in [5, 5.41) is 2.85. The number of carbonyl (C=O) groups is 1. The van der Waals surface area contributed by atoms with Crippen molar-refractivity contribution in [3.63, 3.8) is 0 Å². The van der Waals surface area contributed by atoms with E-state index in [1.165, 1.54) is 0 Å². The first-order valence-corrected chi connectivity index (χ1v) is 5.46. The van der Waals surface area contributed by atoms with E-state index in [0.29, 0.717) is 5.88 Å². The number of amides is 1. The minimum absolute atomic E-state index is 0.0191. The standard InChI is InChI=1S/C10H16ClN3O/c1-7(2)13-10(15)8(3)14-6-12-5-9(14)4-11/h5-8H,4H2,1-3H3,(H,13,15). The first-order chi connectivity index (χ1) is 7.06. The molecule has 0 aliphatic carbocycles. The number of hydrogen-bond donors (Lipinski definition) is 1. The summed E-state index contributed by atoms with van der Waals surface area (Å²) in [5.74, 6) is 0.341. The molecular formula is C10H16ClN3O. The van der Waals surface area contributed by atoms with Crippen molar-refractivity contribution in [1.29, 1.82) is 0 Å². The third-order valence-corrected chi connectivity index (χ3v) is 2.38. The van der Waals surface area contributed by atoms with Gasteiger partial charge in [-0.3, -0.25) is 4.79 Å². The second kappa shape index (κ2) is 5.16. The molecule has 1 aromatic heterocycles. The molecule has 0 saturated heterocycles. The molecule has 0 fully saturated rings. The van der Waals surface area contributed by atoms with Gasteiger partial charge >= 0.3 is 0 Å². The summed E-state index contributed by atoms with van der Waals surface area (Å²) in [6.07, 6.45) is 3.30. The van der Waals surface area contributed by atoms with Crippen molar-refractivity contribution in [2.24, 2.45) is 0 Å². The van der Waals surface area contributed by atoms with E-state index in [2.05, 4.69) is 10.3 Å². The Kier molecular flexibility index (Phi) is 4.15. The normalized spacial score (nSPS) is 12.9. The number of nitrogens with one attached hydrogen (secondary N) is 1. The van der Waals surface area contributed by atoms with Crippen molar-refractivity contribution in [2.45, 2.75) is 38.7 Å². The van der Waals surface area contributed by atoms with Crippen LogP contribution in [0.4, 0.5) is 0 Å². The van der Waals surface area contributed by atoms with E-state index in [0.717, 1.165) is 5.69 Å². The van der Waals surface area contributed by atoms with E-state index in [1.54, 1.807) is 17.1 Å². The number of carbonyl (C=O) groups excluding carboxylic acids is 1. The summed E-state index contributed by atoms with van der Waals surface area (Å²) in [7, 11) is 0. The van der Waals surface area contributed by atoms with E-state index in [4.69, 9.17) is 11.6 Å². The van der Waals surface area contributed by atoms with Gasteiger partial charge in [-0.1, -0.05) is 0 Å². The molecule has 84 valence electrons. The SMILES string of the molecule is CC(C)NC(=O)C(C)n1cncc1CCl. The molecule has 1 amide bonds. The molecule has 1 heterocycles. The van der Waals surface area contributed by atoms with Crippen LogP contribution in [0, 0.1) is 0 Å². The van der Waals surface area contributed by atoms with Gasteiger partial charge in [-0.25, -0.2) is 4.98 Å². The topological polar surface area (TPSA) is 46.9 Å². The quantitative estimate of drug-likeness (QED) is 0.799. The molecule has 1 unspecified atom stereocenters. The van der Waals surface area contributed by atoms with Crippen LogP contribution in [0.25, 0.3) is 0 Å². The lowest BCUT2D eigenvalue weighted by Gasteiger charge is -2.17. The van der Waals surface area contributed by atoms with Gasteiger partial charge in [-0.15, -0.1) is 11.6 Å². The van der Waals surface area contributed by atoms with Gasteiger partial charge < -0.3 is 9.88 Å². The Morgan fingerprint density at radius 1 is 1.60 bits per heavy atom. The molecule has 0 aliphatic heterocycles. The molecule has 0 spiro atoms. The Balaban J connectivity index is 2.75. The first-order valence-electron chi connectivity index (χ1n) is 4.93. The van der Waals surface area contributed by atoms with E-state index in [9.17, 15) is 4.79 Å². The van der Waals surface area contributed by atoms with Crippen LogP contribution in [-0.4, -0.2) is 21.5 Å². The Bertz CT molecular complexity index is 335. The largest absolute Gasteiger partial charge is 0.352 e. The Morgan fingerprint density at radius 2 is 2.27 bits per heavy atom. The lowest BCUT2D eigenvalue weighted by molar-refractivity contribution is -0.124. The average Bonchev–Trinajstić information content (AvgIpc) is 2.62. The van der Waals surface area contributed by atoms with Crippen LogP contribution in [0.2, 0.25) is 0 Å². The Hall–Kier alpha value is -1.03. The molecule has 1 rings (SSSR count). The maximum atomic E-state index is 11.7. The highest BCUT2D eigenvalue weighted by Gasteiger charge is 2.17. The maximum absolute atomic E-state index is 11.7. The van der Waals surface area contributed by atoms with Gasteiger partial charge in [0.25, 0.3) is 0 Å². The molecule has 1 aromatic rings. The third kappa shape index (κ3) is 2.96. The zero-order chi connectivity index (χ0) is 11.4. The minimum atomic E-state index is -0.274. The highest BCUT2D eigenvalue weighted by Crippen LogP contribution is 2.12. The van der Waals surface area contributed by atoms with Gasteiger partial charge in [0, 0.05) is 12.2 Å². The number of hydrogen-bond acceptors (Lipinski definition) is 2. The fraction of sp³-hybridized carbons (Fsp3) is 0.600. The predicted molar refractivity (Wildman–Crippen MR) is 59.8 cm³/mol. The number of nitrogens with zero attached hydrogens (tertiary/aromatic N) is 2. The number of rotatable bonds is 4. The highest BCUT2D eigenvalue weighted by atomic mass is 35.5. The summed E-state index contributed by atoms with van der Waals surface area (Å²) in [6, 6.07) is -0.133. The lowest BCUT2D eigenvalue weighted by Crippen LogP contribution is -2.35. The van der Waals surface area contributed by atoms with Crippen molar-refractivity contribution >= 4 is 17.5 Å². The fourth-order valence-electron chi connectivity index (χ4n) is 1.32. The van der Waals surface area contributed by atoms with Crippen LogP contribution >= 0.6 is 11.6 Å². The van der Waals surface area contributed by atoms with Crippen LogP contribution < -0.4 is 5.32 Å². The van der Waals surface area contributed by atoms with E-state index >= 15 is 0 Å². The summed E-state index contributed by atoms with van der Waals surface area (Å²) in [4.78, 5) is 15.7. The molecule has 0 aromatic carbocycles. The number of aromatic nitrogens is 2. The minimum Gasteiger partial charge on any atom is -0.352 e. The van der Waals surface area contributed by atoms with E-state index in [-0.39, 0.29) is 18.0 Å². The van der Waals surface area contributed by atoms with Gasteiger partial charge in [-0.2, -0.15) is 0 Å². The second-order valence-corrected chi connectivity index (χ2v) is 4.03. The number of imidazole rings is 1. The molecule has 4 nitrogen and oxygen atoms in total. The summed E-state index contributed by atoms with van der Waals surface area (Å²) in [5.41, 5.74) is 0.850. The molecule has 1 N–H and O–H groups in total. The Labute approximate surface area is 94.6 Å². The molecule has 5 heteroatoms. The predicted octanol–water partition coefficient (Wildman–Crippen LogP) is 1.71. The van der Waals surface area contributed by atoms with Crippen molar-refractivity contribution in [3.8, 4) is 0 Å². The second-order valence-electron chi connectivity index (χ2n) is 3.77. The molecule has 0 bridgehead atoms. The van der Waals surface area contributed by atoms with Gasteiger partial charge in [0.15, 0.2) is 0 Å². The van der Waals surface area contributed by atoms with Gasteiger partial charge in [0.2, 0.25) is 5.91 Å². The van der Waals surface area contributed by atoms with Crippen LogP contribution in [0.3, 0.4) is 0 Å². The van der Waals surface area contributed by atoms with E-state index < -0.39 is 0 Å². The lowest BCUT2D eigenvalue weighted by atomic mass is 10.2. The first kappa shape index (κ1) is 12.0. The number of alkyl halides is 1. The molecule has 0 radical (unpaired) electrons. The summed E-state index contributed by atoms with van der Waals surface area (Å²) in [6.45, 7) is 5.69. The van der Waals surface area contributed by atoms with Crippen LogP contribution in [-0.2, 0) is 10.7 Å². The Morgan fingerprint density at radius 3 is 2.80 bits per heavy atom. The monoisotopic (exact) mass is 229 g/mol. The highest BCUT2D eigenvalue weighted by molar-refractivity contribution is 6.16. The molecular weight excluding hydrogens is 214 g/mol. The molecule has 1 atom stereocenters. The maximum Gasteiger partial charge on any atom is 0.243 e. The summed E-state index contributed by atoms with van der Waals surface area (Å²) >= 11 is 5.74. The smallest absolute Gasteiger partial charge is 0.243 e. The molecule has 0 saturated carbocycles. The van der Waals surface area contributed by atoms with Crippen LogP contribution in [0.1, 0.15) is 32.5 Å². The van der Waals surface area contributed by atoms with E-state index in [1.807, 2.05) is 20.8 Å². The van der Waals surface area contributed by atoms with Crippen molar-refractivity contribution in [1.82, 2.24) is 14.9 Å². The van der Waals surface area contributed by atoms with Crippen LogP contribution in [0.5, 0.6) is 0 Å². The van der Waals surface area contributed by atoms with Gasteiger partial charge in [-0.05, 0) is 20.8 Å². The average molecular weight is 230 g/mol. The van der Waals surface area contributed by atoms with Crippen molar-refractivity contribution in [2.75, 3.05) is 0 Å².